The van der Waals surface area contributed by atoms with Crippen LogP contribution in [0.15, 0.2) is 53.0 Å². The average molecular weight is 532 g/mol. The number of allylic oxidation sites excluding steroid dienone is 2. The predicted molar refractivity (Wildman–Crippen MR) is 143 cm³/mol. The first kappa shape index (κ1) is 27.8. The van der Waals surface area contributed by atoms with Gasteiger partial charge in [0.2, 0.25) is 0 Å². The van der Waals surface area contributed by atoms with Crippen LogP contribution >= 0.6 is 11.9 Å². The molecule has 2 fully saturated rings. The van der Waals surface area contributed by atoms with E-state index in [9.17, 15) is 14.0 Å². The molecule has 0 radical (unpaired) electrons. The Morgan fingerprint density at radius 3 is 2.78 bits per heavy atom. The molecule has 4 rings (SSSR count). The second-order valence-electron chi connectivity index (χ2n) is 10.4. The molecule has 0 spiro atoms. The SMILES string of the molecule is CN(C)C(=O)COC(=O)[C@@H](N)Cc1cccc(SN2CC(OC3CCCC(F)C3)(C3=CCCC=C3)C2)c1. The van der Waals surface area contributed by atoms with Gasteiger partial charge in [0.15, 0.2) is 6.61 Å². The van der Waals surface area contributed by atoms with E-state index < -0.39 is 18.2 Å². The van der Waals surface area contributed by atoms with E-state index in [1.54, 1.807) is 26.0 Å². The Labute approximate surface area is 223 Å². The van der Waals surface area contributed by atoms with Crippen LogP contribution in [-0.2, 0) is 25.5 Å². The third-order valence-corrected chi connectivity index (χ3v) is 8.05. The Morgan fingerprint density at radius 2 is 2.08 bits per heavy atom. The summed E-state index contributed by atoms with van der Waals surface area (Å²) in [5.74, 6) is -0.883. The van der Waals surface area contributed by atoms with E-state index >= 15 is 0 Å². The van der Waals surface area contributed by atoms with Crippen molar-refractivity contribution in [2.24, 2.45) is 5.73 Å². The Bertz CT molecular complexity index is 1020. The Kier molecular flexibility index (Phi) is 9.45. The minimum atomic E-state index is -0.847. The van der Waals surface area contributed by atoms with Gasteiger partial charge in [0.1, 0.15) is 17.8 Å². The molecule has 0 bridgehead atoms. The summed E-state index contributed by atoms with van der Waals surface area (Å²) in [6, 6.07) is 7.09. The number of nitrogens with zero attached hydrogens (tertiary/aromatic N) is 2. The molecule has 1 aliphatic heterocycles. The first-order chi connectivity index (χ1) is 17.7. The van der Waals surface area contributed by atoms with Crippen LogP contribution in [0.1, 0.15) is 44.1 Å². The van der Waals surface area contributed by atoms with Crippen molar-refractivity contribution in [2.75, 3.05) is 33.8 Å². The molecular formula is C28H38FN3O4S. The molecule has 9 heteroatoms. The lowest BCUT2D eigenvalue weighted by Crippen LogP contribution is -2.62. The summed E-state index contributed by atoms with van der Waals surface area (Å²) >= 11 is 1.65. The van der Waals surface area contributed by atoms with Gasteiger partial charge in [-0.05, 0) is 73.7 Å². The van der Waals surface area contributed by atoms with Gasteiger partial charge in [0.25, 0.3) is 5.91 Å². The number of amides is 1. The number of benzene rings is 1. The fourth-order valence-corrected chi connectivity index (χ4v) is 6.15. The van der Waals surface area contributed by atoms with Crippen LogP contribution in [0.25, 0.3) is 0 Å². The maximum absolute atomic E-state index is 14.0. The van der Waals surface area contributed by atoms with Gasteiger partial charge in [-0.2, -0.15) is 0 Å². The quantitative estimate of drug-likeness (QED) is 0.363. The summed E-state index contributed by atoms with van der Waals surface area (Å²) in [5.41, 5.74) is 7.79. The number of likely N-dealkylation sites (N-methyl/N-ethyl adjacent to an activating group) is 1. The van der Waals surface area contributed by atoms with Crippen molar-refractivity contribution >= 4 is 23.8 Å². The Balaban J connectivity index is 1.33. The molecule has 37 heavy (non-hydrogen) atoms. The highest BCUT2D eigenvalue weighted by molar-refractivity contribution is 7.97. The standard InChI is InChI=1S/C28H38FN3O4S/c1-31(2)26(33)17-35-27(34)25(30)15-20-8-6-13-24(14-20)37-32-18-28(19-32,21-9-4-3-5-10-21)36-23-12-7-11-22(29)16-23/h4,6,8-10,13-14,22-23,25H,3,5,7,11-12,15-19,30H2,1-2H3/t22?,23?,25-/m0/s1. The number of rotatable bonds is 10. The average Bonchev–Trinajstić information content (AvgIpc) is 2.86. The van der Waals surface area contributed by atoms with Gasteiger partial charge in [-0.3, -0.25) is 9.59 Å². The van der Waals surface area contributed by atoms with Gasteiger partial charge < -0.3 is 20.1 Å². The van der Waals surface area contributed by atoms with Crippen molar-refractivity contribution in [3.8, 4) is 0 Å². The fraction of sp³-hybridized carbons (Fsp3) is 0.571. The summed E-state index contributed by atoms with van der Waals surface area (Å²) in [7, 11) is 3.21. The monoisotopic (exact) mass is 531 g/mol. The molecule has 2 unspecified atom stereocenters. The van der Waals surface area contributed by atoms with Crippen LogP contribution in [-0.4, -0.2) is 78.8 Å². The van der Waals surface area contributed by atoms with E-state index in [1.807, 2.05) is 24.3 Å². The summed E-state index contributed by atoms with van der Waals surface area (Å²) in [5, 5.41) is 0. The summed E-state index contributed by atoms with van der Waals surface area (Å²) < 4.78 is 28.0. The molecule has 1 saturated carbocycles. The maximum Gasteiger partial charge on any atom is 0.323 e. The van der Waals surface area contributed by atoms with Crippen molar-refractivity contribution < 1.29 is 23.5 Å². The molecule has 3 aliphatic rings. The summed E-state index contributed by atoms with van der Waals surface area (Å²) in [6.07, 6.45) is 11.1. The van der Waals surface area contributed by atoms with Crippen molar-refractivity contribution in [3.05, 3.63) is 53.6 Å². The van der Waals surface area contributed by atoms with Crippen LogP contribution < -0.4 is 5.73 Å². The lowest BCUT2D eigenvalue weighted by Gasteiger charge is -2.52. The third kappa shape index (κ3) is 7.44. The number of carbonyl (C=O) groups excluding carboxylic acids is 2. The van der Waals surface area contributed by atoms with Crippen molar-refractivity contribution in [1.82, 2.24) is 9.21 Å². The largest absolute Gasteiger partial charge is 0.454 e. The number of halogens is 1. The van der Waals surface area contributed by atoms with Gasteiger partial charge in [-0.25, -0.2) is 8.70 Å². The van der Waals surface area contributed by atoms with Crippen LogP contribution in [0.5, 0.6) is 0 Å². The molecule has 1 aromatic carbocycles. The molecule has 202 valence electrons. The number of hydrogen-bond acceptors (Lipinski definition) is 7. The first-order valence-corrected chi connectivity index (χ1v) is 13.8. The molecule has 1 amide bonds. The Morgan fingerprint density at radius 1 is 1.27 bits per heavy atom. The first-order valence-electron chi connectivity index (χ1n) is 13.1. The van der Waals surface area contributed by atoms with E-state index in [2.05, 4.69) is 22.5 Å². The lowest BCUT2D eigenvalue weighted by molar-refractivity contribution is -0.152. The van der Waals surface area contributed by atoms with E-state index in [-0.39, 0.29) is 24.2 Å². The van der Waals surface area contributed by atoms with Crippen LogP contribution in [0.4, 0.5) is 4.39 Å². The van der Waals surface area contributed by atoms with Gasteiger partial charge in [-0.1, -0.05) is 30.4 Å². The van der Waals surface area contributed by atoms with Gasteiger partial charge >= 0.3 is 5.97 Å². The zero-order chi connectivity index (χ0) is 26.4. The number of alkyl halides is 1. The molecule has 1 saturated heterocycles. The van der Waals surface area contributed by atoms with Crippen LogP contribution in [0.2, 0.25) is 0 Å². The van der Waals surface area contributed by atoms with Crippen LogP contribution in [0.3, 0.4) is 0 Å². The third-order valence-electron chi connectivity index (χ3n) is 7.07. The second-order valence-corrected chi connectivity index (χ2v) is 11.6. The lowest BCUT2D eigenvalue weighted by atomic mass is 9.83. The van der Waals surface area contributed by atoms with Gasteiger partial charge in [-0.15, -0.1) is 0 Å². The van der Waals surface area contributed by atoms with Crippen molar-refractivity contribution in [2.45, 2.75) is 73.8 Å². The van der Waals surface area contributed by atoms with Gasteiger partial charge in [0, 0.05) is 38.5 Å². The zero-order valence-electron chi connectivity index (χ0n) is 21.7. The molecule has 0 aromatic heterocycles. The maximum atomic E-state index is 14.0. The second kappa shape index (κ2) is 12.6. The van der Waals surface area contributed by atoms with Crippen molar-refractivity contribution in [1.29, 1.82) is 0 Å². The number of nitrogens with two attached hydrogens (primary N) is 1. The molecule has 3 atom stereocenters. The highest BCUT2D eigenvalue weighted by atomic mass is 32.2. The number of esters is 1. The smallest absolute Gasteiger partial charge is 0.323 e. The highest BCUT2D eigenvalue weighted by Gasteiger charge is 2.49. The van der Waals surface area contributed by atoms with E-state index in [1.165, 1.54) is 10.5 Å². The van der Waals surface area contributed by atoms with Crippen molar-refractivity contribution in [3.63, 3.8) is 0 Å². The molecule has 1 heterocycles. The Hall–Kier alpha value is -2.20. The molecular weight excluding hydrogens is 493 g/mol. The molecule has 7 nitrogen and oxygen atoms in total. The number of carbonyl (C=O) groups is 2. The summed E-state index contributed by atoms with van der Waals surface area (Å²) in [4.78, 5) is 26.3. The summed E-state index contributed by atoms with van der Waals surface area (Å²) in [6.45, 7) is 1.15. The van der Waals surface area contributed by atoms with Crippen LogP contribution in [0, 0.1) is 0 Å². The number of ether oxygens (including phenoxy) is 2. The predicted octanol–water partition coefficient (Wildman–Crippen LogP) is 3.82. The topological polar surface area (TPSA) is 85.1 Å². The van der Waals surface area contributed by atoms with E-state index in [0.29, 0.717) is 19.3 Å². The zero-order valence-corrected chi connectivity index (χ0v) is 22.6. The molecule has 2 aliphatic carbocycles. The molecule has 2 N–H and O–H groups in total. The van der Waals surface area contributed by atoms with Gasteiger partial charge in [0.05, 0.1) is 6.10 Å². The normalized spacial score (nSPS) is 24.1. The minimum Gasteiger partial charge on any atom is -0.454 e. The fourth-order valence-electron chi connectivity index (χ4n) is 4.96. The number of hydrogen-bond donors (Lipinski definition) is 1. The van der Waals surface area contributed by atoms with E-state index in [4.69, 9.17) is 15.2 Å². The van der Waals surface area contributed by atoms with E-state index in [0.717, 1.165) is 49.2 Å². The minimum absolute atomic E-state index is 0.0373. The highest BCUT2D eigenvalue weighted by Crippen LogP contribution is 2.43. The molecule has 1 aromatic rings.